The maximum Gasteiger partial charge on any atom is 0.335 e. The minimum Gasteiger partial charge on any atom is -0.478 e. The molecule has 0 aliphatic heterocycles. The minimum atomic E-state index is -1.07. The van der Waals surface area contributed by atoms with Crippen molar-refractivity contribution in [2.45, 2.75) is 13.5 Å². The van der Waals surface area contributed by atoms with Gasteiger partial charge < -0.3 is 10.4 Å². The molecule has 2 aromatic carbocycles. The smallest absolute Gasteiger partial charge is 0.335 e. The molecular weight excluding hydrogens is 439 g/mol. The van der Waals surface area contributed by atoms with E-state index in [0.29, 0.717) is 28.5 Å². The molecule has 1 amide bonds. The lowest BCUT2D eigenvalue weighted by Crippen LogP contribution is -2.13. The van der Waals surface area contributed by atoms with Crippen LogP contribution in [-0.4, -0.2) is 26.8 Å². The van der Waals surface area contributed by atoms with Gasteiger partial charge in [-0.15, -0.1) is 0 Å². The Kier molecular flexibility index (Phi) is 6.75. The number of aromatic carboxylic acids is 1. The monoisotopic (exact) mass is 454 g/mol. The second-order valence-corrected chi connectivity index (χ2v) is 7.31. The van der Waals surface area contributed by atoms with Crippen LogP contribution < -0.4 is 5.32 Å². The van der Waals surface area contributed by atoms with Gasteiger partial charge in [-0.1, -0.05) is 41.4 Å². The van der Waals surface area contributed by atoms with Crippen LogP contribution in [0.5, 0.6) is 0 Å². The molecule has 0 aliphatic rings. The number of nitrogens with zero attached hydrogens (tertiary/aromatic N) is 3. The highest BCUT2D eigenvalue weighted by atomic mass is 35.5. The van der Waals surface area contributed by atoms with E-state index in [2.05, 4.69) is 10.4 Å². The molecule has 0 saturated carbocycles. The summed E-state index contributed by atoms with van der Waals surface area (Å²) in [5.74, 6) is -1.73. The largest absolute Gasteiger partial charge is 0.478 e. The zero-order chi connectivity index (χ0) is 22.5. The Morgan fingerprint density at radius 1 is 1.19 bits per heavy atom. The van der Waals surface area contributed by atoms with Crippen LogP contribution in [0.15, 0.2) is 54.1 Å². The number of carboxylic acids is 1. The van der Waals surface area contributed by atoms with Gasteiger partial charge in [0.05, 0.1) is 17.8 Å². The van der Waals surface area contributed by atoms with E-state index in [1.165, 1.54) is 30.3 Å². The summed E-state index contributed by atoms with van der Waals surface area (Å²) in [4.78, 5) is 23.5. The summed E-state index contributed by atoms with van der Waals surface area (Å²) in [6.45, 7) is 2.05. The van der Waals surface area contributed by atoms with Crippen LogP contribution in [0.1, 0.15) is 27.2 Å². The lowest BCUT2D eigenvalue weighted by atomic mass is 10.1. The zero-order valence-electron chi connectivity index (χ0n) is 16.3. The number of carbonyl (C=O) groups is 2. The molecule has 0 radical (unpaired) electrons. The van der Waals surface area contributed by atoms with E-state index in [-0.39, 0.29) is 16.3 Å². The molecule has 3 aromatic rings. The van der Waals surface area contributed by atoms with Crippen molar-refractivity contribution in [1.82, 2.24) is 9.78 Å². The zero-order valence-corrected chi connectivity index (χ0v) is 17.8. The average Bonchev–Trinajstić information content (AvgIpc) is 3.00. The molecule has 31 heavy (non-hydrogen) atoms. The molecule has 0 bridgehead atoms. The van der Waals surface area contributed by atoms with Crippen LogP contribution in [0.25, 0.3) is 6.08 Å². The van der Waals surface area contributed by atoms with Gasteiger partial charge in [-0.25, -0.2) is 9.48 Å². The Bertz CT molecular complexity index is 1220. The summed E-state index contributed by atoms with van der Waals surface area (Å²) < 4.78 is 1.54. The van der Waals surface area contributed by atoms with Gasteiger partial charge >= 0.3 is 5.97 Å². The van der Waals surface area contributed by atoms with Crippen molar-refractivity contribution >= 4 is 46.8 Å². The third-order valence-electron chi connectivity index (χ3n) is 4.43. The first-order chi connectivity index (χ1) is 14.8. The van der Waals surface area contributed by atoms with Crippen molar-refractivity contribution in [2.75, 3.05) is 5.32 Å². The first-order valence-electron chi connectivity index (χ1n) is 9.03. The summed E-state index contributed by atoms with van der Waals surface area (Å²) in [7, 11) is 0. The van der Waals surface area contributed by atoms with Gasteiger partial charge in [0.15, 0.2) is 0 Å². The second-order valence-electron chi connectivity index (χ2n) is 6.55. The van der Waals surface area contributed by atoms with E-state index in [9.17, 15) is 14.9 Å². The van der Waals surface area contributed by atoms with Gasteiger partial charge in [-0.05, 0) is 48.9 Å². The molecule has 3 rings (SSSR count). The maximum atomic E-state index is 12.5. The van der Waals surface area contributed by atoms with Crippen LogP contribution in [-0.2, 0) is 11.3 Å². The van der Waals surface area contributed by atoms with E-state index >= 15 is 0 Å². The standard InChI is InChI=1S/C22H16Cl2N4O3/c1-13-18(20(24)28(27-13)12-15-4-2-3-5-19(15)23)10-16(11-25)21(29)26-17-8-6-14(7-9-17)22(30)31/h2-10H,12H2,1H3,(H,26,29)(H,30,31)/b16-10+. The predicted molar refractivity (Wildman–Crippen MR) is 118 cm³/mol. The quantitative estimate of drug-likeness (QED) is 0.411. The summed E-state index contributed by atoms with van der Waals surface area (Å²) >= 11 is 12.7. The van der Waals surface area contributed by atoms with E-state index in [1.54, 1.807) is 17.7 Å². The summed E-state index contributed by atoms with van der Waals surface area (Å²) in [6.07, 6.45) is 1.37. The van der Waals surface area contributed by atoms with Gasteiger partial charge in [-0.2, -0.15) is 10.4 Å². The van der Waals surface area contributed by atoms with Crippen molar-refractivity contribution in [3.8, 4) is 6.07 Å². The van der Waals surface area contributed by atoms with Crippen LogP contribution >= 0.6 is 23.2 Å². The number of nitrogens with one attached hydrogen (secondary N) is 1. The molecule has 0 atom stereocenters. The Hall–Kier alpha value is -3.60. The topological polar surface area (TPSA) is 108 Å². The van der Waals surface area contributed by atoms with Crippen LogP contribution in [0.4, 0.5) is 5.69 Å². The molecule has 156 valence electrons. The minimum absolute atomic E-state index is 0.0855. The number of hydrogen-bond donors (Lipinski definition) is 2. The maximum absolute atomic E-state index is 12.5. The average molecular weight is 455 g/mol. The molecule has 0 unspecified atom stereocenters. The molecule has 1 heterocycles. The Morgan fingerprint density at radius 3 is 2.48 bits per heavy atom. The molecule has 0 spiro atoms. The predicted octanol–water partition coefficient (Wildman–Crippen LogP) is 4.79. The lowest BCUT2D eigenvalue weighted by molar-refractivity contribution is -0.112. The molecule has 0 aliphatic carbocycles. The van der Waals surface area contributed by atoms with E-state index in [0.717, 1.165) is 5.56 Å². The highest BCUT2D eigenvalue weighted by Gasteiger charge is 2.17. The number of rotatable bonds is 6. The van der Waals surface area contributed by atoms with Gasteiger partial charge in [-0.3, -0.25) is 4.79 Å². The highest BCUT2D eigenvalue weighted by molar-refractivity contribution is 6.32. The number of anilines is 1. The first-order valence-corrected chi connectivity index (χ1v) is 9.78. The summed E-state index contributed by atoms with van der Waals surface area (Å²) in [5, 5.41) is 26.2. The molecular formula is C22H16Cl2N4O3. The van der Waals surface area contributed by atoms with Crippen molar-refractivity contribution in [1.29, 1.82) is 5.26 Å². The van der Waals surface area contributed by atoms with Crippen molar-refractivity contribution in [3.05, 3.63) is 86.7 Å². The molecule has 0 fully saturated rings. The molecule has 7 nitrogen and oxygen atoms in total. The number of aromatic nitrogens is 2. The van der Waals surface area contributed by atoms with Gasteiger partial charge in [0, 0.05) is 16.3 Å². The van der Waals surface area contributed by atoms with Crippen molar-refractivity contribution in [2.24, 2.45) is 0 Å². The number of carbonyl (C=O) groups excluding carboxylic acids is 1. The third kappa shape index (κ3) is 5.12. The fourth-order valence-electron chi connectivity index (χ4n) is 2.81. The van der Waals surface area contributed by atoms with Gasteiger partial charge in [0.2, 0.25) is 0 Å². The number of benzene rings is 2. The summed E-state index contributed by atoms with van der Waals surface area (Å²) in [6, 6.07) is 14.8. The Labute approximate surface area is 188 Å². The first kappa shape index (κ1) is 22.1. The summed E-state index contributed by atoms with van der Waals surface area (Å²) in [5.41, 5.74) is 2.08. The highest BCUT2D eigenvalue weighted by Crippen LogP contribution is 2.25. The third-order valence-corrected chi connectivity index (χ3v) is 5.20. The normalized spacial score (nSPS) is 11.1. The molecule has 1 aromatic heterocycles. The van der Waals surface area contributed by atoms with Crippen molar-refractivity contribution in [3.63, 3.8) is 0 Å². The van der Waals surface area contributed by atoms with Crippen LogP contribution in [0.2, 0.25) is 10.2 Å². The number of nitriles is 1. The fourth-order valence-corrected chi connectivity index (χ4v) is 3.30. The lowest BCUT2D eigenvalue weighted by Gasteiger charge is -2.06. The van der Waals surface area contributed by atoms with Gasteiger partial charge in [0.25, 0.3) is 5.91 Å². The Balaban J connectivity index is 1.84. The van der Waals surface area contributed by atoms with E-state index in [1.807, 2.05) is 24.3 Å². The fraction of sp³-hybridized carbons (Fsp3) is 0.0909. The molecule has 9 heteroatoms. The number of aryl methyl sites for hydroxylation is 1. The number of amides is 1. The van der Waals surface area contributed by atoms with Crippen molar-refractivity contribution < 1.29 is 14.7 Å². The Morgan fingerprint density at radius 2 is 1.87 bits per heavy atom. The van der Waals surface area contributed by atoms with Crippen LogP contribution in [0.3, 0.4) is 0 Å². The second kappa shape index (κ2) is 9.47. The number of carboxylic acid groups (broad SMARTS) is 1. The van der Waals surface area contributed by atoms with E-state index < -0.39 is 11.9 Å². The SMILES string of the molecule is Cc1nn(Cc2ccccc2Cl)c(Cl)c1/C=C(\C#N)C(=O)Nc1ccc(C(=O)O)cc1. The number of halogens is 2. The molecule has 0 saturated heterocycles. The van der Waals surface area contributed by atoms with E-state index in [4.69, 9.17) is 28.3 Å². The van der Waals surface area contributed by atoms with Crippen LogP contribution in [0, 0.1) is 18.3 Å². The van der Waals surface area contributed by atoms with Gasteiger partial charge in [0.1, 0.15) is 16.8 Å². The number of hydrogen-bond acceptors (Lipinski definition) is 4. The molecule has 2 N–H and O–H groups in total.